The molecular weight excluding hydrogens is 136 g/mol. The summed E-state index contributed by atoms with van der Waals surface area (Å²) in [6.45, 7) is 0.445. The van der Waals surface area contributed by atoms with E-state index >= 15 is 0 Å². The molecule has 0 radical (unpaired) electrons. The summed E-state index contributed by atoms with van der Waals surface area (Å²) in [5.74, 6) is -0.403. The zero-order valence-corrected chi connectivity index (χ0v) is 5.58. The lowest BCUT2D eigenvalue weighted by atomic mass is 10.4. The van der Waals surface area contributed by atoms with Crippen LogP contribution in [-0.4, -0.2) is 35.5 Å². The Balaban J connectivity index is 2.98. The Labute approximate surface area is 58.8 Å². The number of aliphatic hydroxyl groups excluding tert-OH is 1. The topological polar surface area (TPSA) is 95.6 Å². The average Bonchev–Trinajstić information content (AvgIpc) is 1.79. The van der Waals surface area contributed by atoms with Crippen LogP contribution in [0.1, 0.15) is 6.42 Å². The molecule has 10 heavy (non-hydrogen) atoms. The summed E-state index contributed by atoms with van der Waals surface area (Å²) >= 11 is 0. The summed E-state index contributed by atoms with van der Waals surface area (Å²) in [6, 6.07) is 0. The van der Waals surface area contributed by atoms with Crippen LogP contribution in [0.5, 0.6) is 0 Å². The van der Waals surface area contributed by atoms with Gasteiger partial charge in [-0.25, -0.2) is 0 Å². The number of carbonyl (C=O) groups is 1. The van der Waals surface area contributed by atoms with Gasteiger partial charge in [0.05, 0.1) is 0 Å². The minimum Gasteiger partial charge on any atom is -0.370 e. The van der Waals surface area contributed by atoms with Crippen molar-refractivity contribution in [3.05, 3.63) is 0 Å². The number of aliphatic hydroxyl groups is 2. The Morgan fingerprint density at radius 1 is 1.60 bits per heavy atom. The quantitative estimate of drug-likeness (QED) is 0.262. The van der Waals surface area contributed by atoms with E-state index in [2.05, 4.69) is 5.32 Å². The van der Waals surface area contributed by atoms with Crippen LogP contribution in [0.25, 0.3) is 0 Å². The van der Waals surface area contributed by atoms with E-state index in [4.69, 9.17) is 15.9 Å². The molecule has 60 valence electrons. The van der Waals surface area contributed by atoms with Crippen molar-refractivity contribution in [1.82, 2.24) is 5.32 Å². The third-order valence-corrected chi connectivity index (χ3v) is 0.875. The number of amides is 1. The summed E-state index contributed by atoms with van der Waals surface area (Å²) in [6.07, 6.45) is -1.15. The molecule has 0 spiro atoms. The molecule has 0 aromatic rings. The van der Waals surface area contributed by atoms with E-state index in [0.717, 1.165) is 0 Å². The number of primary amides is 1. The highest BCUT2D eigenvalue weighted by atomic mass is 16.5. The van der Waals surface area contributed by atoms with E-state index in [-0.39, 0.29) is 13.0 Å². The molecule has 5 nitrogen and oxygen atoms in total. The molecule has 0 aliphatic heterocycles. The molecule has 0 atom stereocenters. The second-order valence-electron chi connectivity index (χ2n) is 1.90. The standard InChI is InChI=1S/C5H12N2O3/c6-4(8)1-2-7-3-5(9)10/h5,7,9-10H,1-3H2,(H2,6,8). The predicted molar refractivity (Wildman–Crippen MR) is 34.9 cm³/mol. The Morgan fingerprint density at radius 3 is 2.60 bits per heavy atom. The van der Waals surface area contributed by atoms with Crippen LogP contribution in [0.3, 0.4) is 0 Å². The molecule has 0 saturated heterocycles. The summed E-state index contributed by atoms with van der Waals surface area (Å²) in [5.41, 5.74) is 4.81. The Hall–Kier alpha value is -0.650. The van der Waals surface area contributed by atoms with Gasteiger partial charge in [-0.05, 0) is 0 Å². The van der Waals surface area contributed by atoms with Crippen molar-refractivity contribution in [2.75, 3.05) is 13.1 Å². The lowest BCUT2D eigenvalue weighted by molar-refractivity contribution is -0.118. The zero-order valence-electron chi connectivity index (χ0n) is 5.58. The van der Waals surface area contributed by atoms with Gasteiger partial charge in [-0.1, -0.05) is 0 Å². The fourth-order valence-corrected chi connectivity index (χ4v) is 0.443. The van der Waals surface area contributed by atoms with Crippen molar-refractivity contribution in [1.29, 1.82) is 0 Å². The Kier molecular flexibility index (Phi) is 4.82. The molecule has 0 aliphatic rings. The predicted octanol–water partition coefficient (Wildman–Crippen LogP) is -2.24. The number of hydrogen-bond acceptors (Lipinski definition) is 4. The van der Waals surface area contributed by atoms with Crippen LogP contribution in [0, 0.1) is 0 Å². The van der Waals surface area contributed by atoms with Crippen LogP contribution in [0.4, 0.5) is 0 Å². The van der Waals surface area contributed by atoms with Crippen molar-refractivity contribution >= 4 is 5.91 Å². The van der Waals surface area contributed by atoms with Gasteiger partial charge in [-0.3, -0.25) is 4.79 Å². The second kappa shape index (κ2) is 5.16. The average molecular weight is 148 g/mol. The van der Waals surface area contributed by atoms with Crippen molar-refractivity contribution in [2.24, 2.45) is 5.73 Å². The van der Waals surface area contributed by atoms with Crippen molar-refractivity contribution in [3.63, 3.8) is 0 Å². The molecule has 1 amide bonds. The lowest BCUT2D eigenvalue weighted by Crippen LogP contribution is -2.29. The Morgan fingerprint density at radius 2 is 2.20 bits per heavy atom. The zero-order chi connectivity index (χ0) is 7.98. The van der Waals surface area contributed by atoms with Gasteiger partial charge in [0.25, 0.3) is 0 Å². The van der Waals surface area contributed by atoms with Gasteiger partial charge in [0.1, 0.15) is 0 Å². The number of carbonyl (C=O) groups excluding carboxylic acids is 1. The van der Waals surface area contributed by atoms with E-state index in [0.29, 0.717) is 6.54 Å². The first-order valence-electron chi connectivity index (χ1n) is 2.98. The van der Waals surface area contributed by atoms with Crippen molar-refractivity contribution < 1.29 is 15.0 Å². The van der Waals surface area contributed by atoms with Gasteiger partial charge < -0.3 is 21.3 Å². The highest BCUT2D eigenvalue weighted by Crippen LogP contribution is 1.74. The number of nitrogens with one attached hydrogen (secondary N) is 1. The van der Waals surface area contributed by atoms with Gasteiger partial charge in [-0.2, -0.15) is 0 Å². The Bertz CT molecular complexity index is 105. The van der Waals surface area contributed by atoms with E-state index in [1.807, 2.05) is 0 Å². The molecule has 0 aromatic carbocycles. The maximum atomic E-state index is 10.1. The van der Waals surface area contributed by atoms with E-state index < -0.39 is 12.2 Å². The fourth-order valence-electron chi connectivity index (χ4n) is 0.443. The molecule has 0 fully saturated rings. The molecule has 0 bridgehead atoms. The van der Waals surface area contributed by atoms with Crippen molar-refractivity contribution in [3.8, 4) is 0 Å². The maximum Gasteiger partial charge on any atom is 0.218 e. The molecule has 0 unspecified atom stereocenters. The monoisotopic (exact) mass is 148 g/mol. The first-order valence-corrected chi connectivity index (χ1v) is 2.98. The third-order valence-electron chi connectivity index (χ3n) is 0.875. The SMILES string of the molecule is NC(=O)CCNCC(O)O. The first-order chi connectivity index (χ1) is 4.63. The fraction of sp³-hybridized carbons (Fsp3) is 0.800. The molecular formula is C5H12N2O3. The summed E-state index contributed by atoms with van der Waals surface area (Å²) in [4.78, 5) is 10.1. The first kappa shape index (κ1) is 9.35. The van der Waals surface area contributed by atoms with Crippen LogP contribution in [0.15, 0.2) is 0 Å². The molecule has 0 heterocycles. The lowest BCUT2D eigenvalue weighted by Gasteiger charge is -2.03. The van der Waals surface area contributed by atoms with Gasteiger partial charge >= 0.3 is 0 Å². The van der Waals surface area contributed by atoms with Gasteiger partial charge in [-0.15, -0.1) is 0 Å². The number of hydrogen-bond donors (Lipinski definition) is 4. The maximum absolute atomic E-state index is 10.1. The largest absolute Gasteiger partial charge is 0.370 e. The van der Waals surface area contributed by atoms with Crippen LogP contribution in [0.2, 0.25) is 0 Å². The molecule has 5 N–H and O–H groups in total. The minimum absolute atomic E-state index is 0.0628. The summed E-state index contributed by atoms with van der Waals surface area (Å²) in [7, 11) is 0. The summed E-state index contributed by atoms with van der Waals surface area (Å²) < 4.78 is 0. The summed E-state index contributed by atoms with van der Waals surface area (Å²) in [5, 5.41) is 19.2. The molecule has 0 rings (SSSR count). The third kappa shape index (κ3) is 7.35. The van der Waals surface area contributed by atoms with Crippen LogP contribution < -0.4 is 11.1 Å². The van der Waals surface area contributed by atoms with Crippen LogP contribution in [-0.2, 0) is 4.79 Å². The molecule has 0 saturated carbocycles. The van der Waals surface area contributed by atoms with E-state index in [9.17, 15) is 4.79 Å². The second-order valence-corrected chi connectivity index (χ2v) is 1.90. The molecule has 5 heteroatoms. The van der Waals surface area contributed by atoms with Crippen molar-refractivity contribution in [2.45, 2.75) is 12.7 Å². The van der Waals surface area contributed by atoms with Gasteiger partial charge in [0.15, 0.2) is 6.29 Å². The van der Waals surface area contributed by atoms with Gasteiger partial charge in [0.2, 0.25) is 5.91 Å². The molecule has 0 aliphatic carbocycles. The van der Waals surface area contributed by atoms with Gasteiger partial charge in [0, 0.05) is 19.5 Å². The number of nitrogens with two attached hydrogens (primary N) is 1. The minimum atomic E-state index is -1.37. The normalized spacial score (nSPS) is 10.3. The van der Waals surface area contributed by atoms with E-state index in [1.54, 1.807) is 0 Å². The van der Waals surface area contributed by atoms with Crippen LogP contribution >= 0.6 is 0 Å². The highest BCUT2D eigenvalue weighted by Gasteiger charge is 1.96. The number of rotatable bonds is 5. The highest BCUT2D eigenvalue weighted by molar-refractivity contribution is 5.73. The smallest absolute Gasteiger partial charge is 0.218 e. The van der Waals surface area contributed by atoms with E-state index in [1.165, 1.54) is 0 Å². The molecule has 0 aromatic heterocycles.